The Morgan fingerprint density at radius 3 is 2.50 bits per heavy atom. The van der Waals surface area contributed by atoms with Crippen LogP contribution in [0.5, 0.6) is 0 Å². The van der Waals surface area contributed by atoms with Crippen molar-refractivity contribution >= 4 is 28.4 Å². The quantitative estimate of drug-likeness (QED) is 0.581. The number of halogens is 2. The molecule has 0 aliphatic carbocycles. The fraction of sp³-hybridized carbons (Fsp3) is 0.133. The van der Waals surface area contributed by atoms with E-state index in [4.69, 9.17) is 0 Å². The van der Waals surface area contributed by atoms with E-state index < -0.39 is 0 Å². The van der Waals surface area contributed by atoms with Crippen molar-refractivity contribution in [3.8, 4) is 0 Å². The average Bonchev–Trinajstić information content (AvgIpc) is 2.35. The van der Waals surface area contributed by atoms with Crippen molar-refractivity contribution < 1.29 is 9.18 Å². The third kappa shape index (κ3) is 2.46. The van der Waals surface area contributed by atoms with Crippen molar-refractivity contribution in [1.82, 2.24) is 0 Å². The molecule has 0 saturated heterocycles. The van der Waals surface area contributed by atoms with Gasteiger partial charge in [-0.3, -0.25) is 4.79 Å². The lowest BCUT2D eigenvalue weighted by Crippen LogP contribution is -2.05. The van der Waals surface area contributed by atoms with Gasteiger partial charge in [-0.2, -0.15) is 0 Å². The maximum absolute atomic E-state index is 13.5. The zero-order valence-corrected chi connectivity index (χ0v) is 12.3. The maximum atomic E-state index is 13.5. The Balaban J connectivity index is 2.48. The van der Waals surface area contributed by atoms with Crippen LogP contribution in [0.3, 0.4) is 0 Å². The van der Waals surface area contributed by atoms with Gasteiger partial charge in [-0.1, -0.05) is 24.3 Å². The lowest BCUT2D eigenvalue weighted by Gasteiger charge is -2.07. The molecule has 0 aliphatic heterocycles. The van der Waals surface area contributed by atoms with Crippen molar-refractivity contribution in [1.29, 1.82) is 0 Å². The summed E-state index contributed by atoms with van der Waals surface area (Å²) in [6.07, 6.45) is 0. The first-order chi connectivity index (χ1) is 8.50. The summed E-state index contributed by atoms with van der Waals surface area (Å²) in [4.78, 5) is 12.3. The molecule has 0 aliphatic rings. The van der Waals surface area contributed by atoms with Gasteiger partial charge < -0.3 is 0 Å². The van der Waals surface area contributed by atoms with Crippen molar-refractivity contribution in [2.75, 3.05) is 0 Å². The molecular formula is C15H12FIO. The molecule has 18 heavy (non-hydrogen) atoms. The number of aryl methyl sites for hydroxylation is 2. The fourth-order valence-corrected chi connectivity index (χ4v) is 2.32. The third-order valence-electron chi connectivity index (χ3n) is 2.87. The minimum absolute atomic E-state index is 0.137. The SMILES string of the molecule is Cc1ccc(C(=O)c2cccc(C)c2I)cc1F. The van der Waals surface area contributed by atoms with Crippen LogP contribution in [0.1, 0.15) is 27.0 Å². The number of hydrogen-bond acceptors (Lipinski definition) is 1. The second kappa shape index (κ2) is 5.18. The number of rotatable bonds is 2. The molecule has 0 fully saturated rings. The van der Waals surface area contributed by atoms with Crippen LogP contribution in [0.4, 0.5) is 4.39 Å². The Bertz CT molecular complexity index is 620. The van der Waals surface area contributed by atoms with Crippen molar-refractivity contribution in [2.24, 2.45) is 0 Å². The fourth-order valence-electron chi connectivity index (χ4n) is 1.71. The van der Waals surface area contributed by atoms with Crippen molar-refractivity contribution in [3.05, 3.63) is 68.0 Å². The Hall–Kier alpha value is -1.23. The van der Waals surface area contributed by atoms with E-state index in [0.717, 1.165) is 9.13 Å². The highest BCUT2D eigenvalue weighted by Gasteiger charge is 2.14. The van der Waals surface area contributed by atoms with Crippen molar-refractivity contribution in [3.63, 3.8) is 0 Å². The average molecular weight is 354 g/mol. The molecule has 0 spiro atoms. The van der Waals surface area contributed by atoms with Crippen LogP contribution >= 0.6 is 22.6 Å². The second-order valence-corrected chi connectivity index (χ2v) is 5.31. The molecule has 0 amide bonds. The summed E-state index contributed by atoms with van der Waals surface area (Å²) in [7, 11) is 0. The molecule has 2 aromatic rings. The Kier molecular flexibility index (Phi) is 3.80. The van der Waals surface area contributed by atoms with Crippen molar-refractivity contribution in [2.45, 2.75) is 13.8 Å². The van der Waals surface area contributed by atoms with Gasteiger partial charge in [0.1, 0.15) is 5.82 Å². The molecule has 0 unspecified atom stereocenters. The number of carbonyl (C=O) groups is 1. The molecule has 0 aromatic heterocycles. The van der Waals surface area contributed by atoms with E-state index >= 15 is 0 Å². The normalized spacial score (nSPS) is 10.4. The van der Waals surface area contributed by atoms with Crippen LogP contribution < -0.4 is 0 Å². The Morgan fingerprint density at radius 1 is 1.11 bits per heavy atom. The van der Waals surface area contributed by atoms with E-state index in [9.17, 15) is 9.18 Å². The molecule has 0 bridgehead atoms. The predicted molar refractivity (Wildman–Crippen MR) is 78.5 cm³/mol. The molecule has 2 rings (SSSR count). The molecule has 3 heteroatoms. The smallest absolute Gasteiger partial charge is 0.194 e. The number of carbonyl (C=O) groups excluding carboxylic acids is 1. The molecule has 2 aromatic carbocycles. The largest absolute Gasteiger partial charge is 0.289 e. The van der Waals surface area contributed by atoms with Crippen LogP contribution in [0, 0.1) is 23.2 Å². The van der Waals surface area contributed by atoms with E-state index in [1.54, 1.807) is 25.1 Å². The van der Waals surface area contributed by atoms with Crippen LogP contribution in [-0.2, 0) is 0 Å². The zero-order chi connectivity index (χ0) is 13.3. The lowest BCUT2D eigenvalue weighted by atomic mass is 10.0. The van der Waals surface area contributed by atoms with E-state index in [1.165, 1.54) is 6.07 Å². The summed E-state index contributed by atoms with van der Waals surface area (Å²) in [6.45, 7) is 3.63. The molecular weight excluding hydrogens is 342 g/mol. The van der Waals surface area contributed by atoms with Gasteiger partial charge in [0.25, 0.3) is 0 Å². The van der Waals surface area contributed by atoms with E-state index in [-0.39, 0.29) is 11.6 Å². The van der Waals surface area contributed by atoms with Gasteiger partial charge in [0.2, 0.25) is 0 Å². The second-order valence-electron chi connectivity index (χ2n) is 4.23. The minimum Gasteiger partial charge on any atom is -0.289 e. The zero-order valence-electron chi connectivity index (χ0n) is 10.1. The minimum atomic E-state index is -0.344. The molecule has 92 valence electrons. The van der Waals surface area contributed by atoms with Crippen LogP contribution in [0.2, 0.25) is 0 Å². The topological polar surface area (TPSA) is 17.1 Å². The number of hydrogen-bond donors (Lipinski definition) is 0. The highest BCUT2D eigenvalue weighted by molar-refractivity contribution is 14.1. The summed E-state index contributed by atoms with van der Waals surface area (Å²) < 4.78 is 14.4. The number of benzene rings is 2. The highest BCUT2D eigenvalue weighted by Crippen LogP contribution is 2.21. The molecule has 0 heterocycles. The standard InChI is InChI=1S/C15H12FIO/c1-9-6-7-11(8-13(9)16)15(18)12-5-3-4-10(2)14(12)17/h3-8H,1-2H3. The van der Waals surface area contributed by atoms with Gasteiger partial charge in [0, 0.05) is 14.7 Å². The number of ketones is 1. The first-order valence-electron chi connectivity index (χ1n) is 5.56. The van der Waals surface area contributed by atoms with Gasteiger partial charge >= 0.3 is 0 Å². The summed E-state index contributed by atoms with van der Waals surface area (Å²) in [5, 5.41) is 0. The molecule has 1 nitrogen and oxygen atoms in total. The van der Waals surface area contributed by atoms with Gasteiger partial charge in [-0.25, -0.2) is 4.39 Å². The first-order valence-corrected chi connectivity index (χ1v) is 6.64. The molecule has 0 N–H and O–H groups in total. The van der Waals surface area contributed by atoms with Gasteiger partial charge in [0.15, 0.2) is 5.78 Å². The summed E-state index contributed by atoms with van der Waals surface area (Å²) in [5.41, 5.74) is 2.61. The molecule has 0 saturated carbocycles. The Morgan fingerprint density at radius 2 is 1.83 bits per heavy atom. The molecule has 0 radical (unpaired) electrons. The highest BCUT2D eigenvalue weighted by atomic mass is 127. The molecule has 0 atom stereocenters. The maximum Gasteiger partial charge on any atom is 0.194 e. The summed E-state index contributed by atoms with van der Waals surface area (Å²) in [5.74, 6) is -0.481. The van der Waals surface area contributed by atoms with E-state index in [0.29, 0.717) is 16.7 Å². The third-order valence-corrected chi connectivity index (χ3v) is 4.30. The summed E-state index contributed by atoms with van der Waals surface area (Å²) in [6, 6.07) is 10.2. The van der Waals surface area contributed by atoms with Gasteiger partial charge in [-0.05, 0) is 59.7 Å². The van der Waals surface area contributed by atoms with E-state index in [2.05, 4.69) is 22.6 Å². The van der Waals surface area contributed by atoms with Crippen LogP contribution in [0.15, 0.2) is 36.4 Å². The Labute approximate surface area is 119 Å². The summed E-state index contributed by atoms with van der Waals surface area (Å²) >= 11 is 2.15. The lowest BCUT2D eigenvalue weighted by molar-refractivity contribution is 0.103. The van der Waals surface area contributed by atoms with Crippen LogP contribution in [-0.4, -0.2) is 5.78 Å². The monoisotopic (exact) mass is 354 g/mol. The predicted octanol–water partition coefficient (Wildman–Crippen LogP) is 4.28. The van der Waals surface area contributed by atoms with Gasteiger partial charge in [-0.15, -0.1) is 0 Å². The van der Waals surface area contributed by atoms with Gasteiger partial charge in [0.05, 0.1) is 0 Å². The van der Waals surface area contributed by atoms with E-state index in [1.807, 2.05) is 19.1 Å². The van der Waals surface area contributed by atoms with Crippen LogP contribution in [0.25, 0.3) is 0 Å². The first kappa shape index (κ1) is 13.2.